The van der Waals surface area contributed by atoms with Crippen molar-refractivity contribution in [1.82, 2.24) is 5.32 Å². The maximum absolute atomic E-state index is 12.9. The minimum atomic E-state index is -1.23. The Labute approximate surface area is 206 Å². The van der Waals surface area contributed by atoms with Crippen molar-refractivity contribution in [2.45, 2.75) is 26.3 Å². The zero-order chi connectivity index (χ0) is 25.4. The predicted molar refractivity (Wildman–Crippen MR) is 136 cm³/mol. The quantitative estimate of drug-likeness (QED) is 0.318. The first-order valence-electron chi connectivity index (χ1n) is 11.4. The van der Waals surface area contributed by atoms with Gasteiger partial charge in [0.15, 0.2) is 6.04 Å². The van der Waals surface area contributed by atoms with E-state index in [-0.39, 0.29) is 12.0 Å². The fourth-order valence-corrected chi connectivity index (χ4v) is 4.55. The second-order valence-corrected chi connectivity index (χ2v) is 8.69. The molecular formula is C29H23NO6. The Bertz CT molecular complexity index is 1670. The first-order valence-corrected chi connectivity index (χ1v) is 11.4. The minimum Gasteiger partial charge on any atom is -0.479 e. The van der Waals surface area contributed by atoms with Crippen molar-refractivity contribution in [1.29, 1.82) is 0 Å². The van der Waals surface area contributed by atoms with E-state index in [4.69, 9.17) is 8.83 Å². The summed E-state index contributed by atoms with van der Waals surface area (Å²) in [6.07, 6.45) is 1.37. The molecular weight excluding hydrogens is 458 g/mol. The van der Waals surface area contributed by atoms with Gasteiger partial charge in [-0.1, -0.05) is 60.7 Å². The molecule has 1 amide bonds. The van der Waals surface area contributed by atoms with Gasteiger partial charge in [0.2, 0.25) is 5.91 Å². The highest BCUT2D eigenvalue weighted by molar-refractivity contribution is 6.05. The zero-order valence-corrected chi connectivity index (χ0v) is 19.7. The Hall–Kier alpha value is -4.65. The van der Waals surface area contributed by atoms with Crippen molar-refractivity contribution < 1.29 is 23.5 Å². The highest BCUT2D eigenvalue weighted by Crippen LogP contribution is 2.37. The third-order valence-corrected chi connectivity index (χ3v) is 6.45. The van der Waals surface area contributed by atoms with E-state index in [0.717, 1.165) is 16.5 Å². The van der Waals surface area contributed by atoms with Gasteiger partial charge in [-0.25, -0.2) is 9.59 Å². The molecule has 0 unspecified atom stereocenters. The summed E-state index contributed by atoms with van der Waals surface area (Å²) in [6, 6.07) is 18.9. The van der Waals surface area contributed by atoms with Crippen LogP contribution in [-0.2, 0) is 16.0 Å². The molecule has 5 aromatic rings. The number of carboxylic acid groups (broad SMARTS) is 1. The normalized spacial score (nSPS) is 12.1. The summed E-state index contributed by atoms with van der Waals surface area (Å²) in [7, 11) is 0. The predicted octanol–water partition coefficient (Wildman–Crippen LogP) is 5.31. The molecule has 0 bridgehead atoms. The lowest BCUT2D eigenvalue weighted by Gasteiger charge is -2.15. The van der Waals surface area contributed by atoms with E-state index in [2.05, 4.69) is 5.32 Å². The average molecular weight is 482 g/mol. The van der Waals surface area contributed by atoms with Gasteiger partial charge in [0.1, 0.15) is 11.2 Å². The molecule has 180 valence electrons. The lowest BCUT2D eigenvalue weighted by atomic mass is 9.97. The summed E-state index contributed by atoms with van der Waals surface area (Å²) in [6.45, 7) is 3.59. The number of hydrogen-bond acceptors (Lipinski definition) is 5. The van der Waals surface area contributed by atoms with E-state index >= 15 is 0 Å². The van der Waals surface area contributed by atoms with Crippen LogP contribution in [0.1, 0.15) is 28.3 Å². The molecule has 1 atom stereocenters. The van der Waals surface area contributed by atoms with Crippen LogP contribution in [0.15, 0.2) is 86.6 Å². The van der Waals surface area contributed by atoms with E-state index in [9.17, 15) is 19.5 Å². The van der Waals surface area contributed by atoms with Crippen molar-refractivity contribution in [2.75, 3.05) is 0 Å². The fourth-order valence-electron chi connectivity index (χ4n) is 4.55. The molecule has 0 spiro atoms. The second-order valence-electron chi connectivity index (χ2n) is 8.69. The van der Waals surface area contributed by atoms with Crippen molar-refractivity contribution in [3.05, 3.63) is 106 Å². The molecule has 0 aliphatic carbocycles. The van der Waals surface area contributed by atoms with Gasteiger partial charge in [-0.3, -0.25) is 4.79 Å². The highest BCUT2D eigenvalue weighted by Gasteiger charge is 2.24. The number of aryl methyl sites for hydroxylation is 2. The van der Waals surface area contributed by atoms with Crippen LogP contribution in [0, 0.1) is 13.8 Å². The number of carboxylic acids is 1. The van der Waals surface area contributed by atoms with E-state index < -0.39 is 23.5 Å². The van der Waals surface area contributed by atoms with Crippen molar-refractivity contribution in [2.24, 2.45) is 0 Å². The molecule has 36 heavy (non-hydrogen) atoms. The van der Waals surface area contributed by atoms with Gasteiger partial charge in [0, 0.05) is 21.9 Å². The minimum absolute atomic E-state index is 0.181. The Morgan fingerprint density at radius 1 is 0.917 bits per heavy atom. The molecule has 0 fully saturated rings. The molecule has 0 aliphatic rings. The zero-order valence-electron chi connectivity index (χ0n) is 19.7. The third kappa shape index (κ3) is 4.05. The molecule has 0 saturated carbocycles. The van der Waals surface area contributed by atoms with Crippen LogP contribution in [0.2, 0.25) is 0 Å². The summed E-state index contributed by atoms with van der Waals surface area (Å²) >= 11 is 0. The van der Waals surface area contributed by atoms with Gasteiger partial charge >= 0.3 is 11.6 Å². The second kappa shape index (κ2) is 9.19. The van der Waals surface area contributed by atoms with Crippen LogP contribution in [0.4, 0.5) is 0 Å². The smallest absolute Gasteiger partial charge is 0.340 e. The Morgan fingerprint density at radius 2 is 1.58 bits per heavy atom. The van der Waals surface area contributed by atoms with Gasteiger partial charge in [-0.2, -0.15) is 0 Å². The first kappa shape index (κ1) is 23.1. The maximum Gasteiger partial charge on any atom is 0.340 e. The number of aliphatic carboxylic acids is 1. The van der Waals surface area contributed by atoms with Gasteiger partial charge in [0.25, 0.3) is 0 Å². The lowest BCUT2D eigenvalue weighted by molar-refractivity contribution is -0.142. The van der Waals surface area contributed by atoms with Gasteiger partial charge in [0.05, 0.1) is 18.2 Å². The Morgan fingerprint density at radius 3 is 2.25 bits per heavy atom. The number of rotatable bonds is 6. The molecule has 0 aliphatic heterocycles. The molecule has 7 nitrogen and oxygen atoms in total. The molecule has 3 aromatic carbocycles. The summed E-state index contributed by atoms with van der Waals surface area (Å²) in [5, 5.41) is 13.7. The highest BCUT2D eigenvalue weighted by atomic mass is 16.4. The fraction of sp³-hybridized carbons (Fsp3) is 0.138. The van der Waals surface area contributed by atoms with Gasteiger partial charge in [-0.05, 0) is 36.6 Å². The standard InChI is InChI=1S/C29H23NO6/c1-16-20-13-22-23(18-9-5-3-6-10-18)15-35-26(22)17(2)27(20)36-29(34)21(16)14-24(31)30-25(28(32)33)19-11-7-4-8-12-19/h3-13,15,25H,14H2,1-2H3,(H,30,31)(H,32,33)/t25-/m0/s1. The summed E-state index contributed by atoms with van der Waals surface area (Å²) in [5.74, 6) is -1.78. The maximum atomic E-state index is 12.9. The first-order chi connectivity index (χ1) is 17.3. The van der Waals surface area contributed by atoms with Crippen LogP contribution in [0.5, 0.6) is 0 Å². The van der Waals surface area contributed by atoms with E-state index in [1.165, 1.54) is 0 Å². The number of furan rings is 1. The number of hydrogen-bond donors (Lipinski definition) is 2. The number of amides is 1. The molecule has 0 radical (unpaired) electrons. The van der Waals surface area contributed by atoms with Crippen LogP contribution in [-0.4, -0.2) is 17.0 Å². The average Bonchev–Trinajstić information content (AvgIpc) is 3.31. The Balaban J connectivity index is 1.55. The van der Waals surface area contributed by atoms with Gasteiger partial charge in [-0.15, -0.1) is 0 Å². The lowest BCUT2D eigenvalue weighted by Crippen LogP contribution is -2.35. The Kier molecular flexibility index (Phi) is 5.90. The molecule has 2 N–H and O–H groups in total. The van der Waals surface area contributed by atoms with E-state index in [1.54, 1.807) is 43.5 Å². The number of nitrogens with one attached hydrogen (secondary N) is 1. The third-order valence-electron chi connectivity index (χ3n) is 6.45. The summed E-state index contributed by atoms with van der Waals surface area (Å²) in [5.41, 5.74) is 4.20. The number of carbonyl (C=O) groups excluding carboxylic acids is 1. The number of benzene rings is 3. The number of carbonyl (C=O) groups is 2. The summed E-state index contributed by atoms with van der Waals surface area (Å²) < 4.78 is 11.5. The van der Waals surface area contributed by atoms with E-state index in [0.29, 0.717) is 33.2 Å². The van der Waals surface area contributed by atoms with E-state index in [1.807, 2.05) is 43.3 Å². The molecule has 7 heteroatoms. The number of fused-ring (bicyclic) bond motifs is 2. The van der Waals surface area contributed by atoms with Crippen molar-refractivity contribution >= 4 is 33.8 Å². The summed E-state index contributed by atoms with van der Waals surface area (Å²) in [4.78, 5) is 37.5. The largest absolute Gasteiger partial charge is 0.479 e. The topological polar surface area (TPSA) is 110 Å². The molecule has 2 aromatic heterocycles. The van der Waals surface area contributed by atoms with Crippen molar-refractivity contribution in [3.63, 3.8) is 0 Å². The van der Waals surface area contributed by atoms with Crippen LogP contribution < -0.4 is 10.9 Å². The van der Waals surface area contributed by atoms with Crippen LogP contribution in [0.3, 0.4) is 0 Å². The van der Waals surface area contributed by atoms with Crippen LogP contribution >= 0.6 is 0 Å². The molecule has 0 saturated heterocycles. The van der Waals surface area contributed by atoms with Crippen LogP contribution in [0.25, 0.3) is 33.1 Å². The SMILES string of the molecule is Cc1c(CC(=O)N[C@H](C(=O)O)c2ccccc2)c(=O)oc2c(C)c3occ(-c4ccccc4)c3cc12. The molecule has 5 rings (SSSR count). The van der Waals surface area contributed by atoms with Gasteiger partial charge < -0.3 is 19.3 Å². The van der Waals surface area contributed by atoms with Crippen molar-refractivity contribution in [3.8, 4) is 11.1 Å². The monoisotopic (exact) mass is 481 g/mol. The molecule has 2 heterocycles.